The molecule has 0 aromatic heterocycles. The van der Waals surface area contributed by atoms with Crippen LogP contribution in [0.3, 0.4) is 0 Å². The van der Waals surface area contributed by atoms with E-state index in [1.165, 1.54) is 0 Å². The average Bonchev–Trinajstić information content (AvgIpc) is 2.37. The van der Waals surface area contributed by atoms with Crippen LogP contribution in [0.15, 0.2) is 57.5 Å². The molecule has 0 atom stereocenters. The predicted molar refractivity (Wildman–Crippen MR) is 74.9 cm³/mol. The maximum atomic E-state index is 11.9. The fourth-order valence-electron chi connectivity index (χ4n) is 1.40. The van der Waals surface area contributed by atoms with Crippen molar-refractivity contribution in [2.75, 3.05) is 0 Å². The van der Waals surface area contributed by atoms with E-state index in [-0.39, 0.29) is 11.4 Å². The molecule has 4 nitrogen and oxygen atoms in total. The SMILES string of the molecule is [O-]/[N+](c1cccc(Br)c1)=[N+](\[O-])c1cccc(Br)c1. The Hall–Kier alpha value is -1.40. The van der Waals surface area contributed by atoms with Crippen LogP contribution in [0.5, 0.6) is 0 Å². The van der Waals surface area contributed by atoms with Gasteiger partial charge in [-0.1, -0.05) is 44.0 Å². The van der Waals surface area contributed by atoms with Gasteiger partial charge in [0.2, 0.25) is 0 Å². The Bertz CT molecular complexity index is 561. The van der Waals surface area contributed by atoms with E-state index in [0.29, 0.717) is 9.72 Å². The average molecular weight is 372 g/mol. The molecule has 92 valence electrons. The molecule has 0 spiro atoms. The van der Waals surface area contributed by atoms with Crippen LogP contribution in [-0.2, 0) is 0 Å². The van der Waals surface area contributed by atoms with Gasteiger partial charge in [-0.15, -0.1) is 0 Å². The summed E-state index contributed by atoms with van der Waals surface area (Å²) in [7, 11) is 0. The van der Waals surface area contributed by atoms with E-state index in [0.717, 1.165) is 8.95 Å². The van der Waals surface area contributed by atoms with Crippen LogP contribution < -0.4 is 0 Å². The number of benzene rings is 2. The molecule has 0 aliphatic carbocycles. The molecule has 0 aliphatic heterocycles. The summed E-state index contributed by atoms with van der Waals surface area (Å²) in [5, 5.41) is 23.8. The molecule has 18 heavy (non-hydrogen) atoms. The van der Waals surface area contributed by atoms with Crippen LogP contribution in [-0.4, -0.2) is 9.72 Å². The second-order valence-electron chi connectivity index (χ2n) is 3.51. The summed E-state index contributed by atoms with van der Waals surface area (Å²) in [6.07, 6.45) is 0. The van der Waals surface area contributed by atoms with Crippen LogP contribution in [0.2, 0.25) is 0 Å². The van der Waals surface area contributed by atoms with Crippen molar-refractivity contribution in [1.82, 2.24) is 0 Å². The van der Waals surface area contributed by atoms with E-state index in [1.807, 2.05) is 0 Å². The molecule has 0 saturated carbocycles. The molecule has 0 fully saturated rings. The van der Waals surface area contributed by atoms with Crippen molar-refractivity contribution in [3.05, 3.63) is 67.9 Å². The summed E-state index contributed by atoms with van der Waals surface area (Å²) in [6, 6.07) is 13.3. The van der Waals surface area contributed by atoms with Gasteiger partial charge in [0.25, 0.3) is 11.4 Å². The van der Waals surface area contributed by atoms with Crippen LogP contribution in [0.25, 0.3) is 0 Å². The lowest BCUT2D eigenvalue weighted by molar-refractivity contribution is -0.896. The monoisotopic (exact) mass is 370 g/mol. The Morgan fingerprint density at radius 2 is 1.11 bits per heavy atom. The Morgan fingerprint density at radius 1 is 0.722 bits per heavy atom. The van der Waals surface area contributed by atoms with Gasteiger partial charge in [0.1, 0.15) is 0 Å². The van der Waals surface area contributed by atoms with Gasteiger partial charge in [0.05, 0.1) is 9.72 Å². The first kappa shape index (κ1) is 13.0. The van der Waals surface area contributed by atoms with E-state index in [2.05, 4.69) is 31.9 Å². The molecule has 2 aromatic rings. The molecule has 2 rings (SSSR count). The third-order valence-corrected chi connectivity index (χ3v) is 3.21. The van der Waals surface area contributed by atoms with Gasteiger partial charge in [0.15, 0.2) is 0 Å². The van der Waals surface area contributed by atoms with Gasteiger partial charge in [0, 0.05) is 33.2 Å². The van der Waals surface area contributed by atoms with Gasteiger partial charge in [-0.3, -0.25) is 0 Å². The van der Waals surface area contributed by atoms with Gasteiger partial charge >= 0.3 is 0 Å². The van der Waals surface area contributed by atoms with Crippen LogP contribution >= 0.6 is 31.9 Å². The largest absolute Gasteiger partial charge is 0.561 e. The smallest absolute Gasteiger partial charge is 0.288 e. The van der Waals surface area contributed by atoms with E-state index in [4.69, 9.17) is 0 Å². The van der Waals surface area contributed by atoms with Crippen LogP contribution in [0.1, 0.15) is 0 Å². The lowest BCUT2D eigenvalue weighted by Gasteiger charge is -2.03. The van der Waals surface area contributed by atoms with Crippen LogP contribution in [0, 0.1) is 10.4 Å². The highest BCUT2D eigenvalue weighted by Crippen LogP contribution is 2.22. The topological polar surface area (TPSA) is 52.1 Å². The van der Waals surface area contributed by atoms with E-state index in [9.17, 15) is 10.4 Å². The van der Waals surface area contributed by atoms with E-state index < -0.39 is 0 Å². The Labute approximate surface area is 121 Å². The molecule has 2 aromatic carbocycles. The fourth-order valence-corrected chi connectivity index (χ4v) is 2.17. The molecule has 0 amide bonds. The lowest BCUT2D eigenvalue weighted by Crippen LogP contribution is -2.08. The number of hydrogen-bond acceptors (Lipinski definition) is 2. The Balaban J connectivity index is 2.47. The third kappa shape index (κ3) is 2.88. The van der Waals surface area contributed by atoms with Gasteiger partial charge < -0.3 is 10.4 Å². The lowest BCUT2D eigenvalue weighted by atomic mass is 10.3. The van der Waals surface area contributed by atoms with Crippen molar-refractivity contribution >= 4 is 43.2 Å². The molecule has 6 heteroatoms. The van der Waals surface area contributed by atoms with Crippen LogP contribution in [0.4, 0.5) is 11.4 Å². The maximum Gasteiger partial charge on any atom is 0.288 e. The molecule has 0 N–H and O–H groups in total. The molecular formula is C12H8Br2N2O2. The second-order valence-corrected chi connectivity index (χ2v) is 5.34. The summed E-state index contributed by atoms with van der Waals surface area (Å²) in [5.41, 5.74) is 0.527. The summed E-state index contributed by atoms with van der Waals surface area (Å²) in [5.74, 6) is 0. The highest BCUT2D eigenvalue weighted by atomic mass is 79.9. The number of hydrogen-bond donors (Lipinski definition) is 0. The molecule has 0 unspecified atom stereocenters. The van der Waals surface area contributed by atoms with Crippen molar-refractivity contribution in [3.8, 4) is 0 Å². The summed E-state index contributed by atoms with van der Waals surface area (Å²) >= 11 is 6.51. The Kier molecular flexibility index (Phi) is 3.98. The molecule has 0 bridgehead atoms. The van der Waals surface area contributed by atoms with Gasteiger partial charge in [-0.05, 0) is 12.1 Å². The first-order chi connectivity index (χ1) is 8.58. The van der Waals surface area contributed by atoms with E-state index >= 15 is 0 Å². The van der Waals surface area contributed by atoms with Gasteiger partial charge in [-0.2, -0.15) is 0 Å². The minimum absolute atomic E-state index is 0.263. The Morgan fingerprint density at radius 3 is 1.44 bits per heavy atom. The maximum absolute atomic E-state index is 11.9. The van der Waals surface area contributed by atoms with Gasteiger partial charge in [-0.25, -0.2) is 0 Å². The van der Waals surface area contributed by atoms with Crippen molar-refractivity contribution in [1.29, 1.82) is 0 Å². The first-order valence-corrected chi connectivity index (χ1v) is 6.62. The number of azo groups is 1. The molecule has 0 aliphatic rings. The van der Waals surface area contributed by atoms with Crippen molar-refractivity contribution < 1.29 is 9.72 Å². The standard InChI is InChI=1S/C12H8Br2N2O2/c13-9-3-1-5-11(7-9)15(17)16(18)12-6-2-4-10(14)8-12/h1-8H/b16-15-. The zero-order chi connectivity index (χ0) is 13.1. The first-order valence-electron chi connectivity index (χ1n) is 5.03. The summed E-state index contributed by atoms with van der Waals surface area (Å²) in [6.45, 7) is 0. The minimum Gasteiger partial charge on any atom is -0.561 e. The zero-order valence-electron chi connectivity index (χ0n) is 9.09. The molecule has 0 radical (unpaired) electrons. The third-order valence-electron chi connectivity index (χ3n) is 2.22. The number of halogens is 2. The van der Waals surface area contributed by atoms with Crippen molar-refractivity contribution in [2.24, 2.45) is 0 Å². The molecule has 0 saturated heterocycles. The number of nitrogens with zero attached hydrogens (tertiary/aromatic N) is 2. The summed E-state index contributed by atoms with van der Waals surface area (Å²) in [4.78, 5) is 0.596. The highest BCUT2D eigenvalue weighted by molar-refractivity contribution is 9.10. The summed E-state index contributed by atoms with van der Waals surface area (Å²) < 4.78 is 1.48. The van der Waals surface area contributed by atoms with Crippen molar-refractivity contribution in [3.63, 3.8) is 0 Å². The minimum atomic E-state index is 0.263. The quantitative estimate of drug-likeness (QED) is 0.438. The second kappa shape index (κ2) is 5.49. The number of rotatable bonds is 2. The zero-order valence-corrected chi connectivity index (χ0v) is 12.3. The van der Waals surface area contributed by atoms with Crippen molar-refractivity contribution in [2.45, 2.75) is 0 Å². The highest BCUT2D eigenvalue weighted by Gasteiger charge is 2.15. The fraction of sp³-hybridized carbons (Fsp3) is 0. The molecule has 0 heterocycles. The molecular weight excluding hydrogens is 364 g/mol. The van der Waals surface area contributed by atoms with E-state index in [1.54, 1.807) is 48.5 Å². The predicted octanol–water partition coefficient (Wildman–Crippen LogP) is 4.65. The normalized spacial score (nSPS) is 12.1.